The zero-order valence-corrected chi connectivity index (χ0v) is 11.8. The lowest BCUT2D eigenvalue weighted by molar-refractivity contribution is 0.426. The van der Waals surface area contributed by atoms with Crippen molar-refractivity contribution in [2.45, 2.75) is 5.75 Å². The minimum atomic E-state index is -3.66. The molecule has 2 aromatic rings. The molecule has 0 bridgehead atoms. The Balaban J connectivity index is 2.32. The van der Waals surface area contributed by atoms with E-state index in [4.69, 9.17) is 38.4 Å². The van der Waals surface area contributed by atoms with Crippen LogP contribution < -0.4 is 0 Å². The lowest BCUT2D eigenvalue weighted by atomic mass is 10.2. The van der Waals surface area contributed by atoms with Crippen molar-refractivity contribution in [2.24, 2.45) is 0 Å². The fourth-order valence-corrected chi connectivity index (χ4v) is 2.46. The summed E-state index contributed by atoms with van der Waals surface area (Å²) < 4.78 is 26.8. The summed E-state index contributed by atoms with van der Waals surface area (Å²) in [6.07, 6.45) is 0. The van der Waals surface area contributed by atoms with Crippen molar-refractivity contribution < 1.29 is 12.9 Å². The van der Waals surface area contributed by atoms with Crippen LogP contribution in [0, 0.1) is 0 Å². The molecule has 0 aliphatic heterocycles. The molecule has 0 saturated carbocycles. The largest absolute Gasteiger partial charge is 0.356 e. The Kier molecular flexibility index (Phi) is 3.87. The van der Waals surface area contributed by atoms with E-state index in [1.54, 1.807) is 18.2 Å². The van der Waals surface area contributed by atoms with E-state index >= 15 is 0 Å². The number of hydrogen-bond acceptors (Lipinski definition) is 4. The highest BCUT2D eigenvalue weighted by Gasteiger charge is 2.13. The maximum absolute atomic E-state index is 10.9. The molecule has 0 radical (unpaired) electrons. The van der Waals surface area contributed by atoms with Gasteiger partial charge in [0.2, 0.25) is 9.05 Å². The molecule has 0 atom stereocenters. The molecule has 0 spiro atoms. The standard InChI is InChI=1S/C10H6Cl3NO3S/c11-8-2-1-6(3-9(8)12)10-4-7(14-17-10)5-18(13,15)16/h1-4H,5H2. The molecule has 0 N–H and O–H groups in total. The van der Waals surface area contributed by atoms with E-state index < -0.39 is 9.05 Å². The summed E-state index contributed by atoms with van der Waals surface area (Å²) in [7, 11) is 1.46. The molecule has 1 aromatic heterocycles. The molecule has 0 aliphatic rings. The first kappa shape index (κ1) is 13.7. The van der Waals surface area contributed by atoms with Crippen LogP contribution in [0.15, 0.2) is 28.8 Å². The summed E-state index contributed by atoms with van der Waals surface area (Å²) in [5.41, 5.74) is 0.876. The number of hydrogen-bond donors (Lipinski definition) is 0. The molecular weight excluding hydrogens is 321 g/mol. The first-order valence-corrected chi connectivity index (χ1v) is 7.92. The van der Waals surface area contributed by atoms with Gasteiger partial charge in [-0.2, -0.15) is 0 Å². The Hall–Kier alpha value is -0.750. The Morgan fingerprint density at radius 3 is 2.50 bits per heavy atom. The summed E-state index contributed by atoms with van der Waals surface area (Å²) in [6.45, 7) is 0. The van der Waals surface area contributed by atoms with Gasteiger partial charge in [0.15, 0.2) is 5.76 Å². The number of halogens is 3. The van der Waals surface area contributed by atoms with Crippen molar-refractivity contribution in [3.63, 3.8) is 0 Å². The van der Waals surface area contributed by atoms with E-state index in [1.165, 1.54) is 6.07 Å². The fourth-order valence-electron chi connectivity index (χ4n) is 1.34. The third-order valence-corrected chi connectivity index (χ3v) is 3.79. The Morgan fingerprint density at radius 1 is 1.17 bits per heavy atom. The van der Waals surface area contributed by atoms with Gasteiger partial charge in [0.05, 0.1) is 10.0 Å². The number of rotatable bonds is 3. The van der Waals surface area contributed by atoms with Crippen LogP contribution >= 0.6 is 33.9 Å². The predicted octanol–water partition coefficient (Wildman–Crippen LogP) is 3.72. The van der Waals surface area contributed by atoms with E-state index in [-0.39, 0.29) is 11.4 Å². The third-order valence-electron chi connectivity index (χ3n) is 2.08. The third kappa shape index (κ3) is 3.38. The summed E-state index contributed by atoms with van der Waals surface area (Å²) in [5, 5.41) is 4.41. The Bertz CT molecular complexity index is 681. The molecule has 18 heavy (non-hydrogen) atoms. The minimum Gasteiger partial charge on any atom is -0.356 e. The number of benzene rings is 1. The van der Waals surface area contributed by atoms with E-state index in [2.05, 4.69) is 5.16 Å². The molecule has 8 heteroatoms. The van der Waals surface area contributed by atoms with Gasteiger partial charge >= 0.3 is 0 Å². The second-order valence-corrected chi connectivity index (χ2v) is 7.09. The van der Waals surface area contributed by atoms with Gasteiger partial charge in [0, 0.05) is 22.3 Å². The Morgan fingerprint density at radius 2 is 1.89 bits per heavy atom. The molecule has 1 aromatic carbocycles. The summed E-state index contributed by atoms with van der Waals surface area (Å²) in [5.74, 6) is 0.00298. The van der Waals surface area contributed by atoms with Gasteiger partial charge in [-0.1, -0.05) is 28.4 Å². The molecule has 1 heterocycles. The van der Waals surface area contributed by atoms with Crippen LogP contribution in [0.3, 0.4) is 0 Å². The van der Waals surface area contributed by atoms with Crippen molar-refractivity contribution in [3.8, 4) is 11.3 Å². The highest BCUT2D eigenvalue weighted by Crippen LogP contribution is 2.29. The molecule has 0 unspecified atom stereocenters. The van der Waals surface area contributed by atoms with Crippen LogP contribution in [0.4, 0.5) is 0 Å². The summed E-state index contributed by atoms with van der Waals surface area (Å²) in [6, 6.07) is 6.39. The second-order valence-electron chi connectivity index (χ2n) is 3.49. The highest BCUT2D eigenvalue weighted by molar-refractivity contribution is 8.13. The van der Waals surface area contributed by atoms with Crippen molar-refractivity contribution in [1.82, 2.24) is 5.16 Å². The van der Waals surface area contributed by atoms with E-state index in [0.29, 0.717) is 21.4 Å². The fraction of sp³-hybridized carbons (Fsp3) is 0.100. The molecule has 0 fully saturated rings. The lowest BCUT2D eigenvalue weighted by Crippen LogP contribution is -1.94. The van der Waals surface area contributed by atoms with Gasteiger partial charge < -0.3 is 4.52 Å². The van der Waals surface area contributed by atoms with Crippen LogP contribution in [0.1, 0.15) is 5.69 Å². The summed E-state index contributed by atoms with van der Waals surface area (Å²) >= 11 is 11.7. The highest BCUT2D eigenvalue weighted by atomic mass is 35.7. The number of nitrogens with zero attached hydrogens (tertiary/aromatic N) is 1. The van der Waals surface area contributed by atoms with E-state index in [9.17, 15) is 8.42 Å². The average Bonchev–Trinajstić information content (AvgIpc) is 2.68. The van der Waals surface area contributed by atoms with Crippen LogP contribution in [0.25, 0.3) is 11.3 Å². The van der Waals surface area contributed by atoms with Crippen molar-refractivity contribution in [3.05, 3.63) is 40.0 Å². The first-order chi connectivity index (χ1) is 8.35. The zero-order chi connectivity index (χ0) is 13.3. The van der Waals surface area contributed by atoms with E-state index in [0.717, 1.165) is 0 Å². The molecule has 0 aliphatic carbocycles. The second kappa shape index (κ2) is 5.09. The van der Waals surface area contributed by atoms with Gasteiger partial charge in [-0.15, -0.1) is 0 Å². The molecule has 2 rings (SSSR count). The van der Waals surface area contributed by atoms with Crippen molar-refractivity contribution in [2.75, 3.05) is 0 Å². The topological polar surface area (TPSA) is 60.2 Å². The van der Waals surface area contributed by atoms with Gasteiger partial charge in [-0.05, 0) is 18.2 Å². The predicted molar refractivity (Wildman–Crippen MR) is 70.4 cm³/mol. The zero-order valence-electron chi connectivity index (χ0n) is 8.73. The molecule has 96 valence electrons. The van der Waals surface area contributed by atoms with Crippen LogP contribution in [-0.2, 0) is 14.8 Å². The normalized spacial score (nSPS) is 11.7. The van der Waals surface area contributed by atoms with Gasteiger partial charge in [-0.3, -0.25) is 0 Å². The summed E-state index contributed by atoms with van der Waals surface area (Å²) in [4.78, 5) is 0. The van der Waals surface area contributed by atoms with Gasteiger partial charge in [-0.25, -0.2) is 8.42 Å². The SMILES string of the molecule is O=S(=O)(Cl)Cc1cc(-c2ccc(Cl)c(Cl)c2)on1. The van der Waals surface area contributed by atoms with E-state index in [1.807, 2.05) is 0 Å². The van der Waals surface area contributed by atoms with Crippen LogP contribution in [0.5, 0.6) is 0 Å². The number of aromatic nitrogens is 1. The van der Waals surface area contributed by atoms with Crippen molar-refractivity contribution in [1.29, 1.82) is 0 Å². The van der Waals surface area contributed by atoms with Crippen LogP contribution in [-0.4, -0.2) is 13.6 Å². The molecule has 0 saturated heterocycles. The Labute approximate surface area is 118 Å². The molecule has 4 nitrogen and oxygen atoms in total. The first-order valence-electron chi connectivity index (χ1n) is 4.68. The minimum absolute atomic E-state index is 0.228. The smallest absolute Gasteiger partial charge is 0.238 e. The molecule has 0 amide bonds. The van der Waals surface area contributed by atoms with Crippen molar-refractivity contribution >= 4 is 42.9 Å². The average molecular weight is 327 g/mol. The van der Waals surface area contributed by atoms with Gasteiger partial charge in [0.1, 0.15) is 11.4 Å². The molecular formula is C10H6Cl3NO3S. The maximum atomic E-state index is 10.9. The lowest BCUT2D eigenvalue weighted by Gasteiger charge is -1.98. The monoisotopic (exact) mass is 325 g/mol. The maximum Gasteiger partial charge on any atom is 0.238 e. The quantitative estimate of drug-likeness (QED) is 0.807. The van der Waals surface area contributed by atoms with Crippen LogP contribution in [0.2, 0.25) is 10.0 Å². The van der Waals surface area contributed by atoms with Gasteiger partial charge in [0.25, 0.3) is 0 Å².